The van der Waals surface area contributed by atoms with Gasteiger partial charge in [0.15, 0.2) is 11.5 Å². The molecule has 106 valence electrons. The van der Waals surface area contributed by atoms with Crippen LogP contribution in [0, 0.1) is 0 Å². The molecule has 0 saturated carbocycles. The van der Waals surface area contributed by atoms with Crippen LogP contribution in [0.2, 0.25) is 0 Å². The second kappa shape index (κ2) is 6.80. The van der Waals surface area contributed by atoms with Crippen LogP contribution in [0.5, 0.6) is 11.5 Å². The molecule has 1 heterocycles. The summed E-state index contributed by atoms with van der Waals surface area (Å²) in [5.74, 6) is 2.32. The maximum Gasteiger partial charge on any atom is 0.161 e. The first kappa shape index (κ1) is 14.2. The van der Waals surface area contributed by atoms with Crippen LogP contribution in [0.1, 0.15) is 17.7 Å². The molecule has 0 N–H and O–H groups in total. The lowest BCUT2D eigenvalue weighted by atomic mass is 10.0. The summed E-state index contributed by atoms with van der Waals surface area (Å²) in [6, 6.07) is 9.24. The fraction of sp³-hybridized carbons (Fsp3) is 0.312. The number of furan rings is 1. The second-order valence-corrected chi connectivity index (χ2v) is 4.48. The van der Waals surface area contributed by atoms with Crippen molar-refractivity contribution in [3.63, 3.8) is 0 Å². The van der Waals surface area contributed by atoms with Crippen LogP contribution in [-0.2, 0) is 17.6 Å². The van der Waals surface area contributed by atoms with E-state index in [-0.39, 0.29) is 5.78 Å². The number of aryl methyl sites for hydroxylation is 1. The van der Waals surface area contributed by atoms with Crippen LogP contribution in [0.3, 0.4) is 0 Å². The van der Waals surface area contributed by atoms with Gasteiger partial charge in [-0.25, -0.2) is 0 Å². The van der Waals surface area contributed by atoms with E-state index in [1.54, 1.807) is 20.5 Å². The molecule has 0 amide bonds. The lowest BCUT2D eigenvalue weighted by Crippen LogP contribution is -2.04. The van der Waals surface area contributed by atoms with Gasteiger partial charge >= 0.3 is 0 Å². The predicted molar refractivity (Wildman–Crippen MR) is 75.3 cm³/mol. The number of benzene rings is 1. The maximum absolute atomic E-state index is 11.9. The summed E-state index contributed by atoms with van der Waals surface area (Å²) in [6.07, 6.45) is 3.12. The van der Waals surface area contributed by atoms with E-state index in [2.05, 4.69) is 0 Å². The Hall–Kier alpha value is -2.23. The molecule has 20 heavy (non-hydrogen) atoms. The van der Waals surface area contributed by atoms with Crippen molar-refractivity contribution in [2.75, 3.05) is 14.2 Å². The lowest BCUT2D eigenvalue weighted by Gasteiger charge is -2.09. The van der Waals surface area contributed by atoms with Crippen LogP contribution < -0.4 is 9.47 Å². The maximum atomic E-state index is 11.9. The molecule has 0 aliphatic carbocycles. The van der Waals surface area contributed by atoms with E-state index < -0.39 is 0 Å². The Morgan fingerprint density at radius 1 is 1.15 bits per heavy atom. The standard InChI is InChI=1S/C16H18O4/c1-18-15-8-5-12(11-16(15)19-2)10-13(17)6-7-14-4-3-9-20-14/h3-5,8-9,11H,6-7,10H2,1-2H3. The zero-order valence-corrected chi connectivity index (χ0v) is 11.7. The van der Waals surface area contributed by atoms with Crippen LogP contribution in [0.4, 0.5) is 0 Å². The van der Waals surface area contributed by atoms with Gasteiger partial charge in [-0.15, -0.1) is 0 Å². The van der Waals surface area contributed by atoms with Gasteiger partial charge in [0.05, 0.1) is 20.5 Å². The van der Waals surface area contributed by atoms with E-state index in [9.17, 15) is 4.79 Å². The van der Waals surface area contributed by atoms with E-state index >= 15 is 0 Å². The van der Waals surface area contributed by atoms with Gasteiger partial charge in [0.1, 0.15) is 11.5 Å². The predicted octanol–water partition coefficient (Wildman–Crippen LogP) is 3.04. The van der Waals surface area contributed by atoms with Gasteiger partial charge in [-0.05, 0) is 29.8 Å². The van der Waals surface area contributed by atoms with Crippen molar-refractivity contribution in [3.05, 3.63) is 47.9 Å². The average Bonchev–Trinajstić information content (AvgIpc) is 2.98. The summed E-state index contributed by atoms with van der Waals surface area (Å²) in [5, 5.41) is 0. The lowest BCUT2D eigenvalue weighted by molar-refractivity contribution is -0.118. The number of hydrogen-bond donors (Lipinski definition) is 0. The number of carbonyl (C=O) groups excluding carboxylic acids is 1. The minimum absolute atomic E-state index is 0.175. The van der Waals surface area contributed by atoms with E-state index in [0.717, 1.165) is 11.3 Å². The van der Waals surface area contributed by atoms with E-state index in [4.69, 9.17) is 13.9 Å². The Morgan fingerprint density at radius 3 is 2.60 bits per heavy atom. The summed E-state index contributed by atoms with van der Waals surface area (Å²) in [6.45, 7) is 0. The Balaban J connectivity index is 1.93. The Bertz CT molecular complexity index is 558. The first-order valence-electron chi connectivity index (χ1n) is 6.48. The SMILES string of the molecule is COc1ccc(CC(=O)CCc2ccco2)cc1OC. The monoisotopic (exact) mass is 274 g/mol. The molecule has 0 bridgehead atoms. The highest BCUT2D eigenvalue weighted by atomic mass is 16.5. The highest BCUT2D eigenvalue weighted by Crippen LogP contribution is 2.27. The van der Waals surface area contributed by atoms with Gasteiger partial charge in [0.2, 0.25) is 0 Å². The number of Topliss-reactive ketones (excluding diaryl/α,β-unsaturated/α-hetero) is 1. The molecule has 0 radical (unpaired) electrons. The molecule has 0 fully saturated rings. The molecule has 0 saturated heterocycles. The minimum atomic E-state index is 0.175. The van der Waals surface area contributed by atoms with Crippen LogP contribution >= 0.6 is 0 Å². The van der Waals surface area contributed by atoms with Gasteiger partial charge in [0.25, 0.3) is 0 Å². The van der Waals surface area contributed by atoms with Crippen molar-refractivity contribution in [3.8, 4) is 11.5 Å². The van der Waals surface area contributed by atoms with Crippen LogP contribution in [0.15, 0.2) is 41.0 Å². The molecule has 0 aliphatic rings. The molecule has 1 aromatic carbocycles. The summed E-state index contributed by atoms with van der Waals surface area (Å²) in [7, 11) is 3.17. The normalized spacial score (nSPS) is 10.3. The fourth-order valence-electron chi connectivity index (χ4n) is 2.02. The van der Waals surface area contributed by atoms with Gasteiger partial charge in [-0.3, -0.25) is 4.79 Å². The smallest absolute Gasteiger partial charge is 0.161 e. The Kier molecular flexibility index (Phi) is 4.82. The Labute approximate surface area is 118 Å². The minimum Gasteiger partial charge on any atom is -0.493 e. The highest BCUT2D eigenvalue weighted by Gasteiger charge is 2.09. The van der Waals surface area contributed by atoms with Gasteiger partial charge in [0, 0.05) is 19.3 Å². The number of ketones is 1. The molecular formula is C16H18O4. The third-order valence-electron chi connectivity index (χ3n) is 3.08. The molecule has 1 aromatic heterocycles. The van der Waals surface area contributed by atoms with E-state index in [1.807, 2.05) is 30.3 Å². The number of hydrogen-bond acceptors (Lipinski definition) is 4. The van der Waals surface area contributed by atoms with E-state index in [0.29, 0.717) is 30.8 Å². The molecule has 0 unspecified atom stereocenters. The zero-order chi connectivity index (χ0) is 14.4. The fourth-order valence-corrected chi connectivity index (χ4v) is 2.02. The summed E-state index contributed by atoms with van der Waals surface area (Å²) >= 11 is 0. The number of methoxy groups -OCH3 is 2. The first-order valence-corrected chi connectivity index (χ1v) is 6.48. The molecule has 0 atom stereocenters. The zero-order valence-electron chi connectivity index (χ0n) is 11.7. The quantitative estimate of drug-likeness (QED) is 0.778. The van der Waals surface area contributed by atoms with Crippen molar-refractivity contribution < 1.29 is 18.7 Å². The molecule has 4 nitrogen and oxygen atoms in total. The van der Waals surface area contributed by atoms with Crippen molar-refractivity contribution in [1.82, 2.24) is 0 Å². The second-order valence-electron chi connectivity index (χ2n) is 4.48. The van der Waals surface area contributed by atoms with Crippen molar-refractivity contribution in [1.29, 1.82) is 0 Å². The van der Waals surface area contributed by atoms with Gasteiger partial charge < -0.3 is 13.9 Å². The van der Waals surface area contributed by atoms with Gasteiger partial charge in [-0.2, -0.15) is 0 Å². The Morgan fingerprint density at radius 2 is 1.95 bits per heavy atom. The van der Waals surface area contributed by atoms with Crippen LogP contribution in [0.25, 0.3) is 0 Å². The largest absolute Gasteiger partial charge is 0.493 e. The molecule has 2 aromatic rings. The number of rotatable bonds is 7. The summed E-state index contributed by atoms with van der Waals surface area (Å²) in [5.41, 5.74) is 0.923. The number of ether oxygens (including phenoxy) is 2. The average molecular weight is 274 g/mol. The third-order valence-corrected chi connectivity index (χ3v) is 3.08. The van der Waals surface area contributed by atoms with E-state index in [1.165, 1.54) is 0 Å². The molecule has 2 rings (SSSR count). The third kappa shape index (κ3) is 3.63. The summed E-state index contributed by atoms with van der Waals surface area (Å²) in [4.78, 5) is 11.9. The molecular weight excluding hydrogens is 256 g/mol. The molecule has 4 heteroatoms. The van der Waals surface area contributed by atoms with Crippen molar-refractivity contribution in [2.45, 2.75) is 19.3 Å². The molecule has 0 spiro atoms. The topological polar surface area (TPSA) is 48.7 Å². The highest BCUT2D eigenvalue weighted by molar-refractivity contribution is 5.81. The van der Waals surface area contributed by atoms with Gasteiger partial charge in [-0.1, -0.05) is 6.07 Å². The number of carbonyl (C=O) groups is 1. The molecule has 0 aliphatic heterocycles. The van der Waals surface area contributed by atoms with Crippen LogP contribution in [-0.4, -0.2) is 20.0 Å². The van der Waals surface area contributed by atoms with Crippen molar-refractivity contribution >= 4 is 5.78 Å². The van der Waals surface area contributed by atoms with Crippen molar-refractivity contribution in [2.24, 2.45) is 0 Å². The summed E-state index contributed by atoms with van der Waals surface area (Å²) < 4.78 is 15.6. The first-order chi connectivity index (χ1) is 9.72.